The van der Waals surface area contributed by atoms with Crippen molar-refractivity contribution in [3.63, 3.8) is 0 Å². The Hall–Kier alpha value is -2.86. The van der Waals surface area contributed by atoms with Gasteiger partial charge in [0.2, 0.25) is 0 Å². The van der Waals surface area contributed by atoms with Gasteiger partial charge < -0.3 is 14.8 Å². The lowest BCUT2D eigenvalue weighted by Crippen LogP contribution is -2.11. The molecule has 0 atom stereocenters. The van der Waals surface area contributed by atoms with Crippen LogP contribution < -0.4 is 14.8 Å². The van der Waals surface area contributed by atoms with Crippen LogP contribution in [0.3, 0.4) is 0 Å². The van der Waals surface area contributed by atoms with E-state index < -0.39 is 0 Å². The average molecular weight is 382 g/mol. The molecule has 2 aromatic carbocycles. The van der Waals surface area contributed by atoms with Crippen LogP contribution in [0.1, 0.15) is 31.5 Å². The molecule has 140 valence electrons. The number of benzene rings is 2. The zero-order valence-electron chi connectivity index (χ0n) is 15.8. The SMILES string of the molecule is COc1cccc(NC(=O)c2sc(COc3cc(C)ccc3C)nc2C)c1. The summed E-state index contributed by atoms with van der Waals surface area (Å²) in [4.78, 5) is 17.7. The number of aromatic nitrogens is 1. The van der Waals surface area contributed by atoms with Crippen LogP contribution in [-0.2, 0) is 6.61 Å². The number of hydrogen-bond donors (Lipinski definition) is 1. The molecule has 1 N–H and O–H groups in total. The summed E-state index contributed by atoms with van der Waals surface area (Å²) in [6.07, 6.45) is 0. The quantitative estimate of drug-likeness (QED) is 0.658. The van der Waals surface area contributed by atoms with Gasteiger partial charge >= 0.3 is 0 Å². The molecule has 0 saturated carbocycles. The predicted molar refractivity (Wildman–Crippen MR) is 108 cm³/mol. The molecule has 1 amide bonds. The lowest BCUT2D eigenvalue weighted by molar-refractivity contribution is 0.103. The summed E-state index contributed by atoms with van der Waals surface area (Å²) in [6, 6.07) is 13.3. The summed E-state index contributed by atoms with van der Waals surface area (Å²) in [6.45, 7) is 6.20. The van der Waals surface area contributed by atoms with Gasteiger partial charge in [-0.1, -0.05) is 18.2 Å². The lowest BCUT2D eigenvalue weighted by atomic mass is 10.1. The molecule has 0 fully saturated rings. The largest absolute Gasteiger partial charge is 0.497 e. The number of hydrogen-bond acceptors (Lipinski definition) is 5. The highest BCUT2D eigenvalue weighted by atomic mass is 32.1. The third-order valence-electron chi connectivity index (χ3n) is 4.07. The van der Waals surface area contributed by atoms with E-state index in [-0.39, 0.29) is 5.91 Å². The highest BCUT2D eigenvalue weighted by molar-refractivity contribution is 7.13. The number of amides is 1. The minimum Gasteiger partial charge on any atom is -0.497 e. The van der Waals surface area contributed by atoms with E-state index in [0.717, 1.165) is 21.9 Å². The van der Waals surface area contributed by atoms with Gasteiger partial charge in [-0.05, 0) is 50.1 Å². The Labute approximate surface area is 163 Å². The maximum absolute atomic E-state index is 12.6. The molecule has 3 aromatic rings. The summed E-state index contributed by atoms with van der Waals surface area (Å²) in [5, 5.41) is 3.66. The summed E-state index contributed by atoms with van der Waals surface area (Å²) in [5.74, 6) is 1.35. The van der Waals surface area contributed by atoms with Crippen LogP contribution in [-0.4, -0.2) is 18.0 Å². The van der Waals surface area contributed by atoms with E-state index in [1.54, 1.807) is 13.2 Å². The number of thiazole rings is 1. The van der Waals surface area contributed by atoms with Crippen molar-refractivity contribution in [3.8, 4) is 11.5 Å². The number of carbonyl (C=O) groups is 1. The first kappa shape index (κ1) is 18.9. The lowest BCUT2D eigenvalue weighted by Gasteiger charge is -2.08. The molecule has 1 heterocycles. The number of rotatable bonds is 6. The van der Waals surface area contributed by atoms with Crippen molar-refractivity contribution in [3.05, 3.63) is 69.2 Å². The van der Waals surface area contributed by atoms with Crippen molar-refractivity contribution in [1.82, 2.24) is 4.98 Å². The molecule has 6 heteroatoms. The number of aryl methyl sites for hydroxylation is 3. The Kier molecular flexibility index (Phi) is 5.76. The standard InChI is InChI=1S/C21H22N2O3S/c1-13-8-9-14(2)18(10-13)26-12-19-22-15(3)20(27-19)21(24)23-16-6-5-7-17(11-16)25-4/h5-11H,12H2,1-4H3,(H,23,24). The van der Waals surface area contributed by atoms with E-state index in [1.165, 1.54) is 11.3 Å². The van der Waals surface area contributed by atoms with E-state index >= 15 is 0 Å². The monoisotopic (exact) mass is 382 g/mol. The van der Waals surface area contributed by atoms with Gasteiger partial charge in [0.05, 0.1) is 12.8 Å². The fraction of sp³-hybridized carbons (Fsp3) is 0.238. The minimum absolute atomic E-state index is 0.184. The Bertz CT molecular complexity index is 966. The first-order chi connectivity index (χ1) is 13.0. The van der Waals surface area contributed by atoms with Crippen LogP contribution in [0.2, 0.25) is 0 Å². The molecule has 3 rings (SSSR count). The number of anilines is 1. The van der Waals surface area contributed by atoms with Gasteiger partial charge in [0.1, 0.15) is 28.0 Å². The molecule has 0 saturated heterocycles. The minimum atomic E-state index is -0.184. The molecule has 0 aliphatic heterocycles. The zero-order chi connectivity index (χ0) is 19.4. The molecule has 0 aliphatic carbocycles. The Morgan fingerprint density at radius 3 is 2.74 bits per heavy atom. The Balaban J connectivity index is 1.70. The Morgan fingerprint density at radius 2 is 1.96 bits per heavy atom. The molecule has 0 spiro atoms. The molecule has 0 radical (unpaired) electrons. The highest BCUT2D eigenvalue weighted by Gasteiger charge is 2.16. The molecule has 27 heavy (non-hydrogen) atoms. The van der Waals surface area contributed by atoms with Crippen molar-refractivity contribution in [2.75, 3.05) is 12.4 Å². The number of methoxy groups -OCH3 is 1. The Morgan fingerprint density at radius 1 is 1.15 bits per heavy atom. The number of ether oxygens (including phenoxy) is 2. The summed E-state index contributed by atoms with van der Waals surface area (Å²) >= 11 is 1.35. The van der Waals surface area contributed by atoms with E-state index in [2.05, 4.69) is 16.4 Å². The second kappa shape index (κ2) is 8.22. The first-order valence-electron chi connectivity index (χ1n) is 8.58. The number of nitrogens with zero attached hydrogens (tertiary/aromatic N) is 1. The molecular weight excluding hydrogens is 360 g/mol. The third kappa shape index (κ3) is 4.65. The second-order valence-corrected chi connectivity index (χ2v) is 7.35. The summed E-state index contributed by atoms with van der Waals surface area (Å²) in [5.41, 5.74) is 3.59. The fourth-order valence-corrected chi connectivity index (χ4v) is 3.49. The topological polar surface area (TPSA) is 60.5 Å². The van der Waals surface area contributed by atoms with E-state index in [4.69, 9.17) is 9.47 Å². The molecular formula is C21H22N2O3S. The normalized spacial score (nSPS) is 10.5. The van der Waals surface area contributed by atoms with Crippen molar-refractivity contribution in [1.29, 1.82) is 0 Å². The maximum Gasteiger partial charge on any atom is 0.267 e. The van der Waals surface area contributed by atoms with Crippen molar-refractivity contribution in [2.24, 2.45) is 0 Å². The van der Waals surface area contributed by atoms with E-state index in [9.17, 15) is 4.79 Å². The molecule has 0 aliphatic rings. The van der Waals surface area contributed by atoms with Gasteiger partial charge in [0.25, 0.3) is 5.91 Å². The smallest absolute Gasteiger partial charge is 0.267 e. The van der Waals surface area contributed by atoms with E-state index in [1.807, 2.05) is 51.1 Å². The summed E-state index contributed by atoms with van der Waals surface area (Å²) in [7, 11) is 1.59. The van der Waals surface area contributed by atoms with Crippen molar-refractivity contribution in [2.45, 2.75) is 27.4 Å². The maximum atomic E-state index is 12.6. The van der Waals surface area contributed by atoms with Crippen LogP contribution in [0.25, 0.3) is 0 Å². The zero-order valence-corrected chi connectivity index (χ0v) is 16.6. The predicted octanol–water partition coefficient (Wildman–Crippen LogP) is 4.91. The van der Waals surface area contributed by atoms with E-state index in [0.29, 0.717) is 28.6 Å². The third-order valence-corrected chi connectivity index (χ3v) is 5.20. The van der Waals surface area contributed by atoms with Gasteiger partial charge in [-0.2, -0.15) is 0 Å². The van der Waals surface area contributed by atoms with Gasteiger partial charge in [0, 0.05) is 11.8 Å². The van der Waals surface area contributed by atoms with Crippen LogP contribution in [0.15, 0.2) is 42.5 Å². The van der Waals surface area contributed by atoms with Gasteiger partial charge in [-0.15, -0.1) is 11.3 Å². The molecule has 0 bridgehead atoms. The average Bonchev–Trinajstić information content (AvgIpc) is 3.03. The van der Waals surface area contributed by atoms with Crippen LogP contribution in [0, 0.1) is 20.8 Å². The second-order valence-electron chi connectivity index (χ2n) is 6.27. The van der Waals surface area contributed by atoms with Gasteiger partial charge in [-0.3, -0.25) is 4.79 Å². The molecule has 0 unspecified atom stereocenters. The first-order valence-corrected chi connectivity index (χ1v) is 9.39. The molecule has 1 aromatic heterocycles. The fourth-order valence-electron chi connectivity index (χ4n) is 2.62. The van der Waals surface area contributed by atoms with Crippen molar-refractivity contribution < 1.29 is 14.3 Å². The van der Waals surface area contributed by atoms with Crippen molar-refractivity contribution >= 4 is 22.9 Å². The van der Waals surface area contributed by atoms with Crippen LogP contribution >= 0.6 is 11.3 Å². The summed E-state index contributed by atoms with van der Waals surface area (Å²) < 4.78 is 11.1. The van der Waals surface area contributed by atoms with Gasteiger partial charge in [-0.25, -0.2) is 4.98 Å². The number of carbonyl (C=O) groups excluding carboxylic acids is 1. The van der Waals surface area contributed by atoms with Gasteiger partial charge in [0.15, 0.2) is 0 Å². The van der Waals surface area contributed by atoms with Crippen LogP contribution in [0.4, 0.5) is 5.69 Å². The highest BCUT2D eigenvalue weighted by Crippen LogP contribution is 2.24. The molecule has 5 nitrogen and oxygen atoms in total. The van der Waals surface area contributed by atoms with Crippen LogP contribution in [0.5, 0.6) is 11.5 Å². The number of nitrogens with one attached hydrogen (secondary N) is 1.